The van der Waals surface area contributed by atoms with Crippen LogP contribution in [-0.4, -0.2) is 28.7 Å². The molecule has 1 amide bonds. The van der Waals surface area contributed by atoms with Crippen molar-refractivity contribution in [3.8, 4) is 17.0 Å². The first-order chi connectivity index (χ1) is 15.6. The molecule has 6 nitrogen and oxygen atoms in total. The fraction of sp³-hybridized carbons (Fsp3) is 0.154. The highest BCUT2D eigenvalue weighted by Crippen LogP contribution is 2.27. The van der Waals surface area contributed by atoms with Gasteiger partial charge in [0.15, 0.2) is 0 Å². The molecule has 2 aromatic heterocycles. The second-order valence-corrected chi connectivity index (χ2v) is 7.78. The van der Waals surface area contributed by atoms with Gasteiger partial charge in [0.2, 0.25) is 0 Å². The molecule has 4 rings (SSSR count). The standard InChI is InChI=1S/C26H24N4O2/c1-18(2)17-32-21-7-5-6-20(14-21)25-15-23(22-8-3-4-9-24(22)29-25)26(31)30-28-16-19-10-12-27-13-11-19/h3-16,18H,17H2,1-2H3,(H,30,31)/b28-16-. The maximum Gasteiger partial charge on any atom is 0.272 e. The number of pyridine rings is 2. The van der Waals surface area contributed by atoms with Crippen molar-refractivity contribution < 1.29 is 9.53 Å². The molecule has 0 aliphatic carbocycles. The zero-order chi connectivity index (χ0) is 22.3. The zero-order valence-electron chi connectivity index (χ0n) is 18.0. The highest BCUT2D eigenvalue weighted by molar-refractivity contribution is 6.07. The number of fused-ring (bicyclic) bond motifs is 1. The molecule has 32 heavy (non-hydrogen) atoms. The number of nitrogens with one attached hydrogen (secondary N) is 1. The summed E-state index contributed by atoms with van der Waals surface area (Å²) in [4.78, 5) is 21.7. The summed E-state index contributed by atoms with van der Waals surface area (Å²) in [5.74, 6) is 0.905. The van der Waals surface area contributed by atoms with E-state index in [1.165, 1.54) is 0 Å². The summed E-state index contributed by atoms with van der Waals surface area (Å²) < 4.78 is 5.86. The summed E-state index contributed by atoms with van der Waals surface area (Å²) in [6.45, 7) is 4.85. The fourth-order valence-electron chi connectivity index (χ4n) is 3.19. The Morgan fingerprint density at radius 3 is 2.69 bits per heavy atom. The molecule has 160 valence electrons. The third kappa shape index (κ3) is 5.16. The molecule has 0 saturated heterocycles. The van der Waals surface area contributed by atoms with E-state index in [2.05, 4.69) is 29.4 Å². The van der Waals surface area contributed by atoms with Crippen LogP contribution in [0, 0.1) is 5.92 Å². The Morgan fingerprint density at radius 1 is 1.06 bits per heavy atom. The zero-order valence-corrected chi connectivity index (χ0v) is 18.0. The molecule has 2 heterocycles. The molecule has 2 aromatic carbocycles. The van der Waals surface area contributed by atoms with E-state index in [0.29, 0.717) is 23.8 Å². The maximum absolute atomic E-state index is 13.0. The van der Waals surface area contributed by atoms with Gasteiger partial charge in [-0.15, -0.1) is 0 Å². The third-order valence-corrected chi connectivity index (χ3v) is 4.76. The predicted octanol–water partition coefficient (Wildman–Crippen LogP) is 5.10. The summed E-state index contributed by atoms with van der Waals surface area (Å²) >= 11 is 0. The SMILES string of the molecule is CC(C)COc1cccc(-c2cc(C(=O)N/N=C\c3ccncc3)c3ccccc3n2)c1. The van der Waals surface area contributed by atoms with Crippen LogP contribution in [0.3, 0.4) is 0 Å². The smallest absolute Gasteiger partial charge is 0.272 e. The average molecular weight is 425 g/mol. The molecule has 0 saturated carbocycles. The number of ether oxygens (including phenoxy) is 1. The molecule has 1 N–H and O–H groups in total. The van der Waals surface area contributed by atoms with Gasteiger partial charge in [-0.3, -0.25) is 9.78 Å². The van der Waals surface area contributed by atoms with Crippen LogP contribution >= 0.6 is 0 Å². The lowest BCUT2D eigenvalue weighted by atomic mass is 10.0. The van der Waals surface area contributed by atoms with E-state index in [9.17, 15) is 4.79 Å². The van der Waals surface area contributed by atoms with Crippen LogP contribution in [-0.2, 0) is 0 Å². The van der Waals surface area contributed by atoms with Crippen molar-refractivity contribution in [3.63, 3.8) is 0 Å². The molecule has 0 radical (unpaired) electrons. The number of hydrazone groups is 1. The van der Waals surface area contributed by atoms with Crippen LogP contribution in [0.2, 0.25) is 0 Å². The van der Waals surface area contributed by atoms with E-state index in [1.807, 2.05) is 60.7 Å². The Hall–Kier alpha value is -4.06. The largest absolute Gasteiger partial charge is 0.493 e. The number of carbonyl (C=O) groups excluding carboxylic acids is 1. The van der Waals surface area contributed by atoms with Crippen molar-refractivity contribution in [1.29, 1.82) is 0 Å². The highest BCUT2D eigenvalue weighted by Gasteiger charge is 2.14. The van der Waals surface area contributed by atoms with Gasteiger partial charge in [0.25, 0.3) is 5.91 Å². The van der Waals surface area contributed by atoms with Crippen molar-refractivity contribution in [3.05, 3.63) is 90.3 Å². The van der Waals surface area contributed by atoms with Crippen molar-refractivity contribution >= 4 is 23.0 Å². The monoisotopic (exact) mass is 424 g/mol. The van der Waals surface area contributed by atoms with Crippen LogP contribution in [0.5, 0.6) is 5.75 Å². The number of hydrogen-bond acceptors (Lipinski definition) is 5. The van der Waals surface area contributed by atoms with Gasteiger partial charge in [0.1, 0.15) is 5.75 Å². The Bertz CT molecular complexity index is 1250. The van der Waals surface area contributed by atoms with Gasteiger partial charge in [0.05, 0.1) is 29.6 Å². The number of carbonyl (C=O) groups is 1. The van der Waals surface area contributed by atoms with Gasteiger partial charge < -0.3 is 4.74 Å². The van der Waals surface area contributed by atoms with Gasteiger partial charge >= 0.3 is 0 Å². The van der Waals surface area contributed by atoms with Gasteiger partial charge in [-0.05, 0) is 47.9 Å². The molecule has 0 aliphatic rings. The minimum atomic E-state index is -0.303. The maximum atomic E-state index is 13.0. The Balaban J connectivity index is 1.65. The van der Waals surface area contributed by atoms with E-state index in [0.717, 1.165) is 27.8 Å². The summed E-state index contributed by atoms with van der Waals surface area (Å²) in [7, 11) is 0. The lowest BCUT2D eigenvalue weighted by Crippen LogP contribution is -2.18. The van der Waals surface area contributed by atoms with Crippen LogP contribution in [0.15, 0.2) is 84.2 Å². The third-order valence-electron chi connectivity index (χ3n) is 4.76. The van der Waals surface area contributed by atoms with Crippen LogP contribution < -0.4 is 10.2 Å². The van der Waals surface area contributed by atoms with Crippen molar-refractivity contribution in [2.75, 3.05) is 6.61 Å². The molecule has 0 spiro atoms. The Labute approximate surface area is 187 Å². The lowest BCUT2D eigenvalue weighted by Gasteiger charge is -2.11. The Kier molecular flexibility index (Phi) is 6.51. The summed E-state index contributed by atoms with van der Waals surface area (Å²) in [6.07, 6.45) is 4.93. The minimum absolute atomic E-state index is 0.303. The van der Waals surface area contributed by atoms with Crippen molar-refractivity contribution in [1.82, 2.24) is 15.4 Å². The van der Waals surface area contributed by atoms with Crippen molar-refractivity contribution in [2.45, 2.75) is 13.8 Å². The van der Waals surface area contributed by atoms with E-state index in [-0.39, 0.29) is 5.91 Å². The number of para-hydroxylation sites is 1. The minimum Gasteiger partial charge on any atom is -0.493 e. The van der Waals surface area contributed by atoms with Crippen LogP contribution in [0.25, 0.3) is 22.2 Å². The number of benzene rings is 2. The molecule has 0 atom stereocenters. The van der Waals surface area contributed by atoms with Gasteiger partial charge in [-0.25, -0.2) is 10.4 Å². The normalized spacial score (nSPS) is 11.2. The Morgan fingerprint density at radius 2 is 1.88 bits per heavy atom. The van der Waals surface area contributed by atoms with Gasteiger partial charge in [-0.2, -0.15) is 5.10 Å². The number of amides is 1. The van der Waals surface area contributed by atoms with Crippen molar-refractivity contribution in [2.24, 2.45) is 11.0 Å². The number of rotatable bonds is 7. The molecule has 0 bridgehead atoms. The van der Waals surface area contributed by atoms with E-state index >= 15 is 0 Å². The highest BCUT2D eigenvalue weighted by atomic mass is 16.5. The van der Waals surface area contributed by atoms with Gasteiger partial charge in [0, 0.05) is 23.3 Å². The number of hydrogen-bond donors (Lipinski definition) is 1. The van der Waals surface area contributed by atoms with E-state index < -0.39 is 0 Å². The number of aromatic nitrogens is 2. The summed E-state index contributed by atoms with van der Waals surface area (Å²) in [5, 5.41) is 4.85. The lowest BCUT2D eigenvalue weighted by molar-refractivity contribution is 0.0956. The van der Waals surface area contributed by atoms with E-state index in [4.69, 9.17) is 9.72 Å². The predicted molar refractivity (Wildman–Crippen MR) is 127 cm³/mol. The summed E-state index contributed by atoms with van der Waals surface area (Å²) in [6, 6.07) is 20.8. The second-order valence-electron chi connectivity index (χ2n) is 7.78. The molecule has 0 unspecified atom stereocenters. The first kappa shape index (κ1) is 21.2. The van der Waals surface area contributed by atoms with Gasteiger partial charge in [-0.1, -0.05) is 44.2 Å². The second kappa shape index (κ2) is 9.83. The van der Waals surface area contributed by atoms with Crippen LogP contribution in [0.4, 0.5) is 0 Å². The molecule has 4 aromatic rings. The quantitative estimate of drug-likeness (QED) is 0.331. The molecular weight excluding hydrogens is 400 g/mol. The number of nitrogens with zero attached hydrogens (tertiary/aromatic N) is 3. The summed E-state index contributed by atoms with van der Waals surface area (Å²) in [5.41, 5.74) is 6.29. The topological polar surface area (TPSA) is 76.5 Å². The van der Waals surface area contributed by atoms with E-state index in [1.54, 1.807) is 24.7 Å². The molecule has 0 aliphatic heterocycles. The first-order valence-corrected chi connectivity index (χ1v) is 10.5. The molecular formula is C26H24N4O2. The average Bonchev–Trinajstić information content (AvgIpc) is 2.83. The molecule has 6 heteroatoms. The molecule has 0 fully saturated rings. The first-order valence-electron chi connectivity index (χ1n) is 10.5. The fourth-order valence-corrected chi connectivity index (χ4v) is 3.19. The van der Waals surface area contributed by atoms with Crippen LogP contribution in [0.1, 0.15) is 29.8 Å².